The maximum absolute atomic E-state index is 5.84. The minimum absolute atomic E-state index is 0.424. The van der Waals surface area contributed by atoms with Crippen molar-refractivity contribution >= 4 is 0 Å². The largest absolute Gasteiger partial charge is 0.378 e. The molecule has 2 heterocycles. The van der Waals surface area contributed by atoms with E-state index in [1.807, 2.05) is 0 Å². The van der Waals surface area contributed by atoms with E-state index >= 15 is 0 Å². The highest BCUT2D eigenvalue weighted by atomic mass is 16.5. The van der Waals surface area contributed by atoms with Gasteiger partial charge in [-0.15, -0.1) is 0 Å². The van der Waals surface area contributed by atoms with Crippen molar-refractivity contribution < 1.29 is 9.47 Å². The summed E-state index contributed by atoms with van der Waals surface area (Å²) in [5.74, 6) is 0.689. The lowest BCUT2D eigenvalue weighted by molar-refractivity contribution is 0.0340. The fraction of sp³-hybridized carbons (Fsp3) is 1.00. The predicted molar refractivity (Wildman–Crippen MR) is 68.2 cm³/mol. The van der Waals surface area contributed by atoms with Gasteiger partial charge in [0, 0.05) is 19.7 Å². The van der Waals surface area contributed by atoms with Gasteiger partial charge in [-0.05, 0) is 45.2 Å². The summed E-state index contributed by atoms with van der Waals surface area (Å²) in [6, 6.07) is 0. The Labute approximate surface area is 104 Å². The van der Waals surface area contributed by atoms with Gasteiger partial charge in [-0.3, -0.25) is 0 Å². The van der Waals surface area contributed by atoms with Crippen LogP contribution in [0, 0.1) is 5.92 Å². The molecule has 2 aliphatic heterocycles. The topological polar surface area (TPSA) is 42.5 Å². The first-order chi connectivity index (χ1) is 8.36. The number of ether oxygens (including phenoxy) is 2. The average Bonchev–Trinajstić information content (AvgIpc) is 2.76. The van der Waals surface area contributed by atoms with Gasteiger partial charge in [-0.1, -0.05) is 0 Å². The van der Waals surface area contributed by atoms with Gasteiger partial charge in [-0.2, -0.15) is 0 Å². The van der Waals surface area contributed by atoms with Gasteiger partial charge in [0.15, 0.2) is 0 Å². The first-order valence-corrected chi connectivity index (χ1v) is 7.01. The third-order valence-corrected chi connectivity index (χ3v) is 3.86. The van der Waals surface area contributed by atoms with Crippen LogP contribution in [0.5, 0.6) is 0 Å². The molecule has 2 atom stereocenters. The molecule has 0 aromatic carbocycles. The molecule has 17 heavy (non-hydrogen) atoms. The molecule has 2 fully saturated rings. The van der Waals surface area contributed by atoms with E-state index in [9.17, 15) is 0 Å². The summed E-state index contributed by atoms with van der Waals surface area (Å²) in [6.45, 7) is 8.19. The summed E-state index contributed by atoms with van der Waals surface area (Å²) in [6.07, 6.45) is 4.42. The molecule has 2 unspecified atom stereocenters. The van der Waals surface area contributed by atoms with Crippen LogP contribution in [0.1, 0.15) is 26.2 Å². The molecule has 2 rings (SSSR count). The Morgan fingerprint density at radius 2 is 2.12 bits per heavy atom. The van der Waals surface area contributed by atoms with E-state index in [-0.39, 0.29) is 0 Å². The molecule has 0 aromatic rings. The van der Waals surface area contributed by atoms with Crippen LogP contribution in [-0.4, -0.2) is 51.6 Å². The van der Waals surface area contributed by atoms with Crippen LogP contribution >= 0.6 is 0 Å². The molecule has 0 aliphatic carbocycles. The highest BCUT2D eigenvalue weighted by molar-refractivity contribution is 4.74. The van der Waals surface area contributed by atoms with Gasteiger partial charge in [-0.25, -0.2) is 0 Å². The Hall–Kier alpha value is -0.160. The summed E-state index contributed by atoms with van der Waals surface area (Å²) >= 11 is 0. The SMILES string of the molecule is CC1OCCC1CNCCOC1CCNCC1. The summed E-state index contributed by atoms with van der Waals surface area (Å²) in [5, 5.41) is 6.83. The summed E-state index contributed by atoms with van der Waals surface area (Å²) < 4.78 is 11.4. The van der Waals surface area contributed by atoms with E-state index < -0.39 is 0 Å². The van der Waals surface area contributed by atoms with E-state index in [2.05, 4.69) is 17.6 Å². The molecule has 100 valence electrons. The lowest BCUT2D eigenvalue weighted by atomic mass is 10.0. The fourth-order valence-electron chi connectivity index (χ4n) is 2.59. The van der Waals surface area contributed by atoms with Crippen LogP contribution in [-0.2, 0) is 9.47 Å². The second kappa shape index (κ2) is 7.31. The highest BCUT2D eigenvalue weighted by Crippen LogP contribution is 2.19. The second-order valence-corrected chi connectivity index (χ2v) is 5.15. The van der Waals surface area contributed by atoms with Crippen molar-refractivity contribution in [1.29, 1.82) is 0 Å². The monoisotopic (exact) mass is 242 g/mol. The highest BCUT2D eigenvalue weighted by Gasteiger charge is 2.23. The van der Waals surface area contributed by atoms with Gasteiger partial charge in [0.05, 0.1) is 18.8 Å². The Bertz CT molecular complexity index is 208. The molecule has 0 bridgehead atoms. The quantitative estimate of drug-likeness (QED) is 0.675. The smallest absolute Gasteiger partial charge is 0.0600 e. The Morgan fingerprint density at radius 1 is 1.29 bits per heavy atom. The maximum atomic E-state index is 5.84. The van der Waals surface area contributed by atoms with E-state index in [4.69, 9.17) is 9.47 Å². The van der Waals surface area contributed by atoms with Crippen molar-refractivity contribution in [3.05, 3.63) is 0 Å². The van der Waals surface area contributed by atoms with Crippen molar-refractivity contribution in [1.82, 2.24) is 10.6 Å². The number of rotatable bonds is 6. The Balaban J connectivity index is 1.45. The van der Waals surface area contributed by atoms with Gasteiger partial charge < -0.3 is 20.1 Å². The summed E-state index contributed by atoms with van der Waals surface area (Å²) in [4.78, 5) is 0. The predicted octanol–water partition coefficient (Wildman–Crippen LogP) is 0.770. The van der Waals surface area contributed by atoms with Crippen molar-refractivity contribution in [3.8, 4) is 0 Å². The molecule has 0 radical (unpaired) electrons. The zero-order valence-corrected chi connectivity index (χ0v) is 10.9. The lowest BCUT2D eigenvalue weighted by Gasteiger charge is -2.23. The third-order valence-electron chi connectivity index (χ3n) is 3.86. The normalized spacial score (nSPS) is 30.9. The Morgan fingerprint density at radius 3 is 2.82 bits per heavy atom. The zero-order valence-electron chi connectivity index (χ0n) is 10.9. The van der Waals surface area contributed by atoms with Gasteiger partial charge >= 0.3 is 0 Å². The molecule has 2 saturated heterocycles. The zero-order chi connectivity index (χ0) is 11.9. The number of hydrogen-bond acceptors (Lipinski definition) is 4. The number of nitrogens with one attached hydrogen (secondary N) is 2. The molecular weight excluding hydrogens is 216 g/mol. The lowest BCUT2D eigenvalue weighted by Crippen LogP contribution is -2.35. The van der Waals surface area contributed by atoms with Crippen LogP contribution < -0.4 is 10.6 Å². The second-order valence-electron chi connectivity index (χ2n) is 5.15. The first-order valence-electron chi connectivity index (χ1n) is 7.01. The van der Waals surface area contributed by atoms with Crippen molar-refractivity contribution in [2.75, 3.05) is 39.4 Å². The minimum Gasteiger partial charge on any atom is -0.378 e. The molecule has 0 aromatic heterocycles. The first kappa shape index (κ1) is 13.3. The fourth-order valence-corrected chi connectivity index (χ4v) is 2.59. The average molecular weight is 242 g/mol. The molecule has 4 nitrogen and oxygen atoms in total. The Kier molecular flexibility index (Phi) is 5.71. The van der Waals surface area contributed by atoms with Crippen molar-refractivity contribution in [2.24, 2.45) is 5.92 Å². The van der Waals surface area contributed by atoms with E-state index in [1.165, 1.54) is 6.42 Å². The molecular formula is C13H26N2O2. The third kappa shape index (κ3) is 4.54. The van der Waals surface area contributed by atoms with Crippen LogP contribution in [0.15, 0.2) is 0 Å². The van der Waals surface area contributed by atoms with Crippen LogP contribution in [0.2, 0.25) is 0 Å². The van der Waals surface area contributed by atoms with E-state index in [0.29, 0.717) is 18.1 Å². The summed E-state index contributed by atoms with van der Waals surface area (Å²) in [7, 11) is 0. The van der Waals surface area contributed by atoms with Crippen molar-refractivity contribution in [2.45, 2.75) is 38.4 Å². The van der Waals surface area contributed by atoms with Crippen LogP contribution in [0.25, 0.3) is 0 Å². The van der Waals surface area contributed by atoms with E-state index in [1.54, 1.807) is 0 Å². The van der Waals surface area contributed by atoms with Gasteiger partial charge in [0.2, 0.25) is 0 Å². The summed E-state index contributed by atoms with van der Waals surface area (Å²) in [5.41, 5.74) is 0. The molecule has 0 saturated carbocycles. The molecule has 2 aliphatic rings. The molecule has 2 N–H and O–H groups in total. The standard InChI is InChI=1S/C13H26N2O2/c1-11-12(4-8-16-11)10-15-7-9-17-13-2-5-14-6-3-13/h11-15H,2-10H2,1H3. The van der Waals surface area contributed by atoms with Crippen LogP contribution in [0.4, 0.5) is 0 Å². The van der Waals surface area contributed by atoms with E-state index in [0.717, 1.165) is 52.2 Å². The number of piperidine rings is 1. The minimum atomic E-state index is 0.424. The number of hydrogen-bond donors (Lipinski definition) is 2. The van der Waals surface area contributed by atoms with Crippen molar-refractivity contribution in [3.63, 3.8) is 0 Å². The molecule has 0 amide bonds. The van der Waals surface area contributed by atoms with Gasteiger partial charge in [0.1, 0.15) is 0 Å². The van der Waals surface area contributed by atoms with Crippen LogP contribution in [0.3, 0.4) is 0 Å². The van der Waals surface area contributed by atoms with Gasteiger partial charge in [0.25, 0.3) is 0 Å². The maximum Gasteiger partial charge on any atom is 0.0600 e. The molecule has 0 spiro atoms. The molecule has 4 heteroatoms.